The van der Waals surface area contributed by atoms with Gasteiger partial charge < -0.3 is 14.5 Å². The number of para-hydroxylation sites is 1. The average Bonchev–Trinajstić information content (AvgIpc) is 3.22. The van der Waals surface area contributed by atoms with Gasteiger partial charge in [-0.15, -0.1) is 0 Å². The lowest BCUT2D eigenvalue weighted by molar-refractivity contribution is 0.0517. The molecule has 7 nitrogen and oxygen atoms in total. The minimum absolute atomic E-state index is 0.289. The van der Waals surface area contributed by atoms with Crippen LogP contribution in [0.1, 0.15) is 74.7 Å². The number of nitrogens with one attached hydrogen (secondary N) is 1. The van der Waals surface area contributed by atoms with Crippen LogP contribution in [0.4, 0.5) is 10.5 Å². The standard InChI is InChI=1S/C22H29N3O4/c1-6-10-15-18(20(26)28-7-2)24-19(23-15)17-13-14-11-8-9-12-16(14)25(17)21(27)29-22(3,4)5/h8-9,11-12,17H,6-7,10,13H2,1-5H3,(H,23,24). The molecule has 1 aromatic heterocycles. The fourth-order valence-corrected chi connectivity index (χ4v) is 3.52. The normalized spacial score (nSPS) is 15.9. The molecule has 0 saturated heterocycles. The summed E-state index contributed by atoms with van der Waals surface area (Å²) in [7, 11) is 0. The molecule has 2 aromatic rings. The highest BCUT2D eigenvalue weighted by Crippen LogP contribution is 2.40. The number of amides is 1. The third-order valence-electron chi connectivity index (χ3n) is 4.65. The van der Waals surface area contributed by atoms with Crippen molar-refractivity contribution in [1.82, 2.24) is 9.97 Å². The number of ether oxygens (including phenoxy) is 2. The molecule has 0 bridgehead atoms. The van der Waals surface area contributed by atoms with Crippen LogP contribution in [-0.4, -0.2) is 34.2 Å². The number of esters is 1. The Bertz CT molecular complexity index is 898. The van der Waals surface area contributed by atoms with Crippen molar-refractivity contribution >= 4 is 17.7 Å². The third-order valence-corrected chi connectivity index (χ3v) is 4.65. The van der Waals surface area contributed by atoms with Crippen LogP contribution in [0.15, 0.2) is 24.3 Å². The van der Waals surface area contributed by atoms with Crippen LogP contribution >= 0.6 is 0 Å². The van der Waals surface area contributed by atoms with Gasteiger partial charge in [-0.05, 0) is 45.7 Å². The molecular formula is C22H29N3O4. The molecule has 0 spiro atoms. The number of benzene rings is 1. The number of anilines is 1. The second kappa shape index (κ2) is 8.27. The molecule has 29 heavy (non-hydrogen) atoms. The molecule has 0 fully saturated rings. The first-order chi connectivity index (χ1) is 13.7. The Morgan fingerprint density at radius 1 is 1.24 bits per heavy atom. The van der Waals surface area contributed by atoms with Crippen molar-refractivity contribution in [3.63, 3.8) is 0 Å². The van der Waals surface area contributed by atoms with Gasteiger partial charge >= 0.3 is 12.1 Å². The number of rotatable bonds is 5. The summed E-state index contributed by atoms with van der Waals surface area (Å²) in [6.45, 7) is 9.61. The maximum Gasteiger partial charge on any atom is 0.415 e. The van der Waals surface area contributed by atoms with E-state index in [0.717, 1.165) is 17.7 Å². The Balaban J connectivity index is 2.01. The van der Waals surface area contributed by atoms with E-state index in [1.165, 1.54) is 0 Å². The molecule has 1 N–H and O–H groups in total. The molecule has 2 heterocycles. The van der Waals surface area contributed by atoms with Gasteiger partial charge in [0.15, 0.2) is 0 Å². The number of hydrogen-bond donors (Lipinski definition) is 1. The summed E-state index contributed by atoms with van der Waals surface area (Å²) in [5, 5.41) is 0. The first-order valence-electron chi connectivity index (χ1n) is 10.1. The fraction of sp³-hybridized carbons (Fsp3) is 0.500. The Morgan fingerprint density at radius 3 is 2.62 bits per heavy atom. The van der Waals surface area contributed by atoms with Crippen LogP contribution in [0.2, 0.25) is 0 Å². The average molecular weight is 399 g/mol. The van der Waals surface area contributed by atoms with Crippen LogP contribution in [-0.2, 0) is 22.3 Å². The number of imidazole rings is 1. The Kier molecular flexibility index (Phi) is 5.96. The molecule has 1 aromatic carbocycles. The number of fused-ring (bicyclic) bond motifs is 1. The maximum absolute atomic E-state index is 13.0. The number of carbonyl (C=O) groups is 2. The molecule has 1 aliphatic heterocycles. The maximum atomic E-state index is 13.0. The molecule has 1 atom stereocenters. The smallest absolute Gasteiger partial charge is 0.415 e. The van der Waals surface area contributed by atoms with Crippen molar-refractivity contribution in [3.05, 3.63) is 47.0 Å². The van der Waals surface area contributed by atoms with Crippen LogP contribution in [0.25, 0.3) is 0 Å². The van der Waals surface area contributed by atoms with Gasteiger partial charge in [0.25, 0.3) is 0 Å². The molecule has 156 valence electrons. The van der Waals surface area contributed by atoms with Gasteiger partial charge in [-0.3, -0.25) is 4.90 Å². The molecule has 0 radical (unpaired) electrons. The first-order valence-corrected chi connectivity index (χ1v) is 10.1. The summed E-state index contributed by atoms with van der Waals surface area (Å²) in [5.74, 6) is 0.146. The van der Waals surface area contributed by atoms with E-state index < -0.39 is 17.7 Å². The van der Waals surface area contributed by atoms with Crippen molar-refractivity contribution < 1.29 is 19.1 Å². The van der Waals surface area contributed by atoms with Gasteiger partial charge in [0, 0.05) is 6.42 Å². The number of aromatic nitrogens is 2. The zero-order valence-electron chi connectivity index (χ0n) is 17.7. The van der Waals surface area contributed by atoms with Gasteiger partial charge in [-0.1, -0.05) is 31.5 Å². The summed E-state index contributed by atoms with van der Waals surface area (Å²) in [6, 6.07) is 7.37. The minimum Gasteiger partial charge on any atom is -0.461 e. The van der Waals surface area contributed by atoms with Crippen molar-refractivity contribution in [2.45, 2.75) is 65.5 Å². The molecular weight excluding hydrogens is 370 g/mol. The lowest BCUT2D eigenvalue weighted by Crippen LogP contribution is -2.38. The molecule has 7 heteroatoms. The summed E-state index contributed by atoms with van der Waals surface area (Å²) >= 11 is 0. The number of H-pyrrole nitrogens is 1. The Hall–Kier alpha value is -2.83. The van der Waals surface area contributed by atoms with Crippen LogP contribution in [0.3, 0.4) is 0 Å². The lowest BCUT2D eigenvalue weighted by Gasteiger charge is -2.28. The summed E-state index contributed by atoms with van der Waals surface area (Å²) in [4.78, 5) is 34.9. The SMILES string of the molecule is CCCc1nc(C2Cc3ccccc3N2C(=O)OC(C)(C)C)[nH]c1C(=O)OCC. The van der Waals surface area contributed by atoms with Gasteiger partial charge in [0.1, 0.15) is 23.2 Å². The highest BCUT2D eigenvalue weighted by molar-refractivity contribution is 5.92. The lowest BCUT2D eigenvalue weighted by atomic mass is 10.1. The number of hydrogen-bond acceptors (Lipinski definition) is 5. The highest BCUT2D eigenvalue weighted by atomic mass is 16.6. The largest absolute Gasteiger partial charge is 0.461 e. The Labute approximate surface area is 171 Å². The number of carbonyl (C=O) groups excluding carboxylic acids is 2. The van der Waals surface area contributed by atoms with E-state index in [4.69, 9.17) is 14.5 Å². The summed E-state index contributed by atoms with van der Waals surface area (Å²) < 4.78 is 10.8. The first kappa shape index (κ1) is 20.9. The fourth-order valence-electron chi connectivity index (χ4n) is 3.52. The summed E-state index contributed by atoms with van der Waals surface area (Å²) in [6.07, 6.45) is 1.66. The van der Waals surface area contributed by atoms with Crippen LogP contribution < -0.4 is 4.90 Å². The van der Waals surface area contributed by atoms with Gasteiger partial charge in [-0.25, -0.2) is 14.6 Å². The highest BCUT2D eigenvalue weighted by Gasteiger charge is 2.39. The molecule has 3 rings (SSSR count). The Morgan fingerprint density at radius 2 is 1.97 bits per heavy atom. The zero-order valence-corrected chi connectivity index (χ0v) is 17.7. The second-order valence-electron chi connectivity index (χ2n) is 8.11. The summed E-state index contributed by atoms with van der Waals surface area (Å²) in [5.41, 5.74) is 2.25. The van der Waals surface area contributed by atoms with Crippen molar-refractivity contribution in [1.29, 1.82) is 0 Å². The predicted octanol–water partition coefficient (Wildman–Crippen LogP) is 4.58. The van der Waals surface area contributed by atoms with Crippen molar-refractivity contribution in [3.8, 4) is 0 Å². The van der Waals surface area contributed by atoms with Crippen molar-refractivity contribution in [2.75, 3.05) is 11.5 Å². The van der Waals surface area contributed by atoms with E-state index in [9.17, 15) is 9.59 Å². The topological polar surface area (TPSA) is 84.5 Å². The molecule has 1 aliphatic rings. The van der Waals surface area contributed by atoms with Gasteiger partial charge in [0.2, 0.25) is 0 Å². The monoisotopic (exact) mass is 399 g/mol. The quantitative estimate of drug-likeness (QED) is 0.744. The zero-order chi connectivity index (χ0) is 21.2. The van der Waals surface area contributed by atoms with E-state index in [0.29, 0.717) is 30.1 Å². The van der Waals surface area contributed by atoms with E-state index >= 15 is 0 Å². The van der Waals surface area contributed by atoms with E-state index in [2.05, 4.69) is 4.98 Å². The van der Waals surface area contributed by atoms with Crippen LogP contribution in [0, 0.1) is 0 Å². The van der Waals surface area contributed by atoms with E-state index in [1.54, 1.807) is 11.8 Å². The van der Waals surface area contributed by atoms with E-state index in [1.807, 2.05) is 52.0 Å². The molecule has 1 amide bonds. The van der Waals surface area contributed by atoms with Crippen molar-refractivity contribution in [2.24, 2.45) is 0 Å². The predicted molar refractivity (Wildman–Crippen MR) is 110 cm³/mol. The van der Waals surface area contributed by atoms with Gasteiger partial charge in [0.05, 0.1) is 18.0 Å². The molecule has 1 unspecified atom stereocenters. The minimum atomic E-state index is -0.619. The second-order valence-corrected chi connectivity index (χ2v) is 8.11. The van der Waals surface area contributed by atoms with Gasteiger partial charge in [-0.2, -0.15) is 0 Å². The number of aromatic amines is 1. The van der Waals surface area contributed by atoms with Crippen LogP contribution in [0.5, 0.6) is 0 Å². The number of nitrogens with zero attached hydrogens (tertiary/aromatic N) is 2. The molecule has 0 saturated carbocycles. The third kappa shape index (κ3) is 4.44. The molecule has 0 aliphatic carbocycles. The van der Waals surface area contributed by atoms with E-state index in [-0.39, 0.29) is 12.6 Å². The number of aryl methyl sites for hydroxylation is 1.